The summed E-state index contributed by atoms with van der Waals surface area (Å²) < 4.78 is 11.3. The SMILES string of the molecule is C=C(/C=C(OCC)\C(C)=C\OCC)C(C)C(CCCCc1ccccc1)C(=O)NC(CCc1ccccc1)C(=O)O. The van der Waals surface area contributed by atoms with Gasteiger partial charge in [0.05, 0.1) is 19.5 Å². The van der Waals surface area contributed by atoms with E-state index in [-0.39, 0.29) is 11.8 Å². The topological polar surface area (TPSA) is 84.9 Å². The monoisotopic (exact) mass is 561 g/mol. The highest BCUT2D eigenvalue weighted by atomic mass is 16.5. The van der Waals surface area contributed by atoms with Crippen molar-refractivity contribution < 1.29 is 24.2 Å². The highest BCUT2D eigenvalue weighted by molar-refractivity contribution is 5.85. The van der Waals surface area contributed by atoms with Gasteiger partial charge in [0.15, 0.2) is 0 Å². The molecule has 3 unspecified atom stereocenters. The summed E-state index contributed by atoms with van der Waals surface area (Å²) in [6.07, 6.45) is 7.72. The number of carboxylic acid groups (broad SMARTS) is 1. The fraction of sp³-hybridized carbons (Fsp3) is 0.429. The molecule has 2 aromatic carbocycles. The molecule has 0 heterocycles. The average Bonchev–Trinajstić information content (AvgIpc) is 2.98. The van der Waals surface area contributed by atoms with Crippen LogP contribution in [0, 0.1) is 11.8 Å². The Labute approximate surface area is 246 Å². The minimum absolute atomic E-state index is 0.231. The lowest BCUT2D eigenvalue weighted by Crippen LogP contribution is -2.45. The Morgan fingerprint density at radius 3 is 2.10 bits per heavy atom. The number of allylic oxidation sites excluding steroid dienone is 3. The number of hydrogen-bond donors (Lipinski definition) is 2. The molecule has 0 aliphatic carbocycles. The van der Waals surface area contributed by atoms with E-state index in [1.807, 2.05) is 82.3 Å². The molecule has 0 aliphatic heterocycles. The van der Waals surface area contributed by atoms with Crippen molar-refractivity contribution in [2.75, 3.05) is 13.2 Å². The standard InChI is InChI=1S/C35H47NO5/c1-6-40-25-27(4)33(41-7-2)24-26(3)28(5)31(21-15-14-20-29-16-10-8-11-17-29)34(37)36-32(35(38)39)23-22-30-18-12-9-13-19-30/h8-13,16-19,24-25,28,31-32H,3,6-7,14-15,20-23H2,1-2,4-5H3,(H,36,37)(H,38,39)/b27-25+,33-24+. The van der Waals surface area contributed by atoms with E-state index in [2.05, 4.69) is 24.0 Å². The van der Waals surface area contributed by atoms with Crippen molar-refractivity contribution in [2.45, 2.75) is 72.3 Å². The Bertz CT molecular complexity index is 1140. The normalized spacial score (nSPS) is 14.0. The Kier molecular flexibility index (Phi) is 15.1. The minimum atomic E-state index is -1.03. The van der Waals surface area contributed by atoms with Gasteiger partial charge in [-0.1, -0.05) is 80.6 Å². The van der Waals surface area contributed by atoms with Crippen LogP contribution in [-0.4, -0.2) is 36.2 Å². The van der Waals surface area contributed by atoms with E-state index >= 15 is 0 Å². The molecule has 0 aromatic heterocycles. The quantitative estimate of drug-likeness (QED) is 0.107. The summed E-state index contributed by atoms with van der Waals surface area (Å²) in [5.74, 6) is -1.31. The number of unbranched alkanes of at least 4 members (excludes halogenated alkanes) is 1. The summed E-state index contributed by atoms with van der Waals surface area (Å²) in [7, 11) is 0. The van der Waals surface area contributed by atoms with E-state index < -0.39 is 17.9 Å². The van der Waals surface area contributed by atoms with Crippen LogP contribution in [0.1, 0.15) is 64.5 Å². The molecule has 222 valence electrons. The molecule has 2 N–H and O–H groups in total. The van der Waals surface area contributed by atoms with E-state index in [1.54, 1.807) is 6.26 Å². The third kappa shape index (κ3) is 12.1. The van der Waals surface area contributed by atoms with Crippen LogP contribution < -0.4 is 5.32 Å². The number of hydrogen-bond acceptors (Lipinski definition) is 4. The van der Waals surface area contributed by atoms with Crippen molar-refractivity contribution in [3.05, 3.63) is 108 Å². The van der Waals surface area contributed by atoms with Gasteiger partial charge in [-0.3, -0.25) is 4.79 Å². The van der Waals surface area contributed by atoms with Crippen LogP contribution in [0.25, 0.3) is 0 Å². The molecule has 0 bridgehead atoms. The number of rotatable bonds is 19. The van der Waals surface area contributed by atoms with Crippen molar-refractivity contribution in [2.24, 2.45) is 11.8 Å². The Morgan fingerprint density at radius 1 is 0.927 bits per heavy atom. The summed E-state index contributed by atoms with van der Waals surface area (Å²) in [6.45, 7) is 13.0. The van der Waals surface area contributed by atoms with E-state index in [0.29, 0.717) is 38.2 Å². The van der Waals surface area contributed by atoms with Crippen LogP contribution >= 0.6 is 0 Å². The summed E-state index contributed by atoms with van der Waals surface area (Å²) >= 11 is 0. The number of benzene rings is 2. The molecule has 1 amide bonds. The average molecular weight is 562 g/mol. The molecule has 2 aromatic rings. The second-order valence-electron chi connectivity index (χ2n) is 10.3. The van der Waals surface area contributed by atoms with Crippen molar-refractivity contribution in [1.82, 2.24) is 5.32 Å². The maximum absolute atomic E-state index is 13.7. The maximum Gasteiger partial charge on any atom is 0.326 e. The van der Waals surface area contributed by atoms with Crippen molar-refractivity contribution in [3.63, 3.8) is 0 Å². The van der Waals surface area contributed by atoms with Gasteiger partial charge in [-0.2, -0.15) is 0 Å². The molecular weight excluding hydrogens is 514 g/mol. The largest absolute Gasteiger partial charge is 0.501 e. The third-order valence-corrected chi connectivity index (χ3v) is 7.21. The maximum atomic E-state index is 13.7. The molecule has 6 nitrogen and oxygen atoms in total. The Hall–Kier alpha value is -3.80. The predicted octanol–water partition coefficient (Wildman–Crippen LogP) is 7.27. The van der Waals surface area contributed by atoms with Crippen LogP contribution in [0.3, 0.4) is 0 Å². The number of aliphatic carboxylic acids is 1. The Balaban J connectivity index is 2.20. The van der Waals surface area contributed by atoms with E-state index in [0.717, 1.165) is 36.0 Å². The van der Waals surface area contributed by atoms with Crippen molar-refractivity contribution >= 4 is 11.9 Å². The van der Waals surface area contributed by atoms with Crippen LogP contribution in [0.4, 0.5) is 0 Å². The molecule has 2 rings (SSSR count). The minimum Gasteiger partial charge on any atom is -0.501 e. The smallest absolute Gasteiger partial charge is 0.326 e. The number of aryl methyl sites for hydroxylation is 2. The van der Waals surface area contributed by atoms with Gasteiger partial charge in [0.2, 0.25) is 5.91 Å². The van der Waals surface area contributed by atoms with E-state index in [4.69, 9.17) is 9.47 Å². The summed E-state index contributed by atoms with van der Waals surface area (Å²) in [6, 6.07) is 19.0. The third-order valence-electron chi connectivity index (χ3n) is 7.21. The van der Waals surface area contributed by atoms with Crippen LogP contribution in [-0.2, 0) is 31.9 Å². The molecule has 0 saturated carbocycles. The van der Waals surface area contributed by atoms with Crippen LogP contribution in [0.15, 0.2) is 96.5 Å². The van der Waals surface area contributed by atoms with Gasteiger partial charge in [-0.25, -0.2) is 4.79 Å². The lowest BCUT2D eigenvalue weighted by molar-refractivity contribution is -0.143. The van der Waals surface area contributed by atoms with Gasteiger partial charge in [0.25, 0.3) is 0 Å². The highest BCUT2D eigenvalue weighted by Gasteiger charge is 2.30. The fourth-order valence-corrected chi connectivity index (χ4v) is 4.69. The summed E-state index contributed by atoms with van der Waals surface area (Å²) in [4.78, 5) is 25.8. The van der Waals surface area contributed by atoms with Crippen LogP contribution in [0.2, 0.25) is 0 Å². The molecular formula is C35H47NO5. The van der Waals surface area contributed by atoms with Crippen LogP contribution in [0.5, 0.6) is 0 Å². The first-order valence-electron chi connectivity index (χ1n) is 14.7. The summed E-state index contributed by atoms with van der Waals surface area (Å²) in [5, 5.41) is 12.8. The summed E-state index contributed by atoms with van der Waals surface area (Å²) in [5.41, 5.74) is 3.88. The van der Waals surface area contributed by atoms with Gasteiger partial charge in [0, 0.05) is 11.5 Å². The molecule has 0 aliphatic rings. The van der Waals surface area contributed by atoms with E-state index in [9.17, 15) is 14.7 Å². The Morgan fingerprint density at radius 2 is 1.54 bits per heavy atom. The molecule has 0 fully saturated rings. The zero-order valence-corrected chi connectivity index (χ0v) is 25.1. The van der Waals surface area contributed by atoms with Gasteiger partial charge < -0.3 is 19.9 Å². The van der Waals surface area contributed by atoms with Gasteiger partial charge >= 0.3 is 5.97 Å². The first kappa shape index (κ1) is 33.4. The first-order chi connectivity index (χ1) is 19.8. The number of nitrogens with one attached hydrogen (secondary N) is 1. The highest BCUT2D eigenvalue weighted by Crippen LogP contribution is 2.28. The molecule has 0 saturated heterocycles. The lowest BCUT2D eigenvalue weighted by Gasteiger charge is -2.26. The number of carboxylic acids is 1. The number of amides is 1. The number of carbonyl (C=O) groups excluding carboxylic acids is 1. The molecule has 3 atom stereocenters. The molecule has 41 heavy (non-hydrogen) atoms. The molecule has 6 heteroatoms. The van der Waals surface area contributed by atoms with E-state index in [1.165, 1.54) is 5.56 Å². The number of ether oxygens (including phenoxy) is 2. The van der Waals surface area contributed by atoms with Gasteiger partial charge in [0.1, 0.15) is 11.8 Å². The van der Waals surface area contributed by atoms with Crippen molar-refractivity contribution in [1.29, 1.82) is 0 Å². The molecule has 0 spiro atoms. The predicted molar refractivity (Wildman–Crippen MR) is 165 cm³/mol. The fourth-order valence-electron chi connectivity index (χ4n) is 4.69. The first-order valence-corrected chi connectivity index (χ1v) is 14.7. The van der Waals surface area contributed by atoms with Gasteiger partial charge in [-0.15, -0.1) is 0 Å². The number of carbonyl (C=O) groups is 2. The zero-order valence-electron chi connectivity index (χ0n) is 25.1. The molecule has 0 radical (unpaired) electrons. The van der Waals surface area contributed by atoms with Gasteiger partial charge in [-0.05, 0) is 81.6 Å². The second-order valence-corrected chi connectivity index (χ2v) is 10.3. The van der Waals surface area contributed by atoms with Crippen molar-refractivity contribution in [3.8, 4) is 0 Å². The zero-order chi connectivity index (χ0) is 30.0. The second kappa shape index (κ2) is 18.5. The lowest BCUT2D eigenvalue weighted by atomic mass is 9.82.